The van der Waals surface area contributed by atoms with Crippen molar-refractivity contribution in [2.45, 2.75) is 32.0 Å². The fourth-order valence-corrected chi connectivity index (χ4v) is 3.52. The van der Waals surface area contributed by atoms with E-state index in [1.165, 1.54) is 0 Å². The second kappa shape index (κ2) is 10.3. The Labute approximate surface area is 181 Å². The Hall–Kier alpha value is -2.81. The number of rotatable bonds is 10. The molecule has 8 nitrogen and oxygen atoms in total. The van der Waals surface area contributed by atoms with Crippen molar-refractivity contribution in [3.8, 4) is 0 Å². The van der Waals surface area contributed by atoms with Gasteiger partial charge in [0.05, 0.1) is 18.1 Å². The van der Waals surface area contributed by atoms with Crippen LogP contribution in [0.3, 0.4) is 0 Å². The molecular formula is C21H29N7OS. The quantitative estimate of drug-likeness (QED) is 0.379. The Morgan fingerprint density at radius 3 is 2.57 bits per heavy atom. The number of carbonyl (C=O) groups excluding carboxylic acids is 1. The molecule has 0 aliphatic carbocycles. The van der Waals surface area contributed by atoms with Crippen LogP contribution in [0.2, 0.25) is 0 Å². The van der Waals surface area contributed by atoms with Gasteiger partial charge in [0, 0.05) is 38.4 Å². The molecule has 2 heterocycles. The number of thioether (sulfide) groups is 1. The molecular weight excluding hydrogens is 398 g/mol. The Kier molecular flexibility index (Phi) is 7.51. The fourth-order valence-electron chi connectivity index (χ4n) is 2.96. The van der Waals surface area contributed by atoms with Gasteiger partial charge in [-0.3, -0.25) is 4.79 Å². The molecule has 9 heteroatoms. The predicted octanol–water partition coefficient (Wildman–Crippen LogP) is 3.26. The number of anilines is 2. The van der Waals surface area contributed by atoms with E-state index in [1.807, 2.05) is 47.9 Å². The standard InChI is InChI=1S/C21H29N7OS/c1-5-11-22-18-17-14-24-28(19(17)26-21(25-18)30-6-2)13-12-23-20(29)15-7-9-16(10-8-15)27(3)4/h7-10,14H,5-6,11-13H2,1-4H3,(H,23,29)(H,22,25,26). The Balaban J connectivity index is 1.69. The van der Waals surface area contributed by atoms with Gasteiger partial charge in [0.1, 0.15) is 5.82 Å². The summed E-state index contributed by atoms with van der Waals surface area (Å²) in [6.45, 7) is 6.03. The van der Waals surface area contributed by atoms with E-state index in [1.54, 1.807) is 18.0 Å². The molecule has 0 radical (unpaired) electrons. The molecule has 0 aliphatic heterocycles. The summed E-state index contributed by atoms with van der Waals surface area (Å²) in [4.78, 5) is 23.7. The van der Waals surface area contributed by atoms with Crippen LogP contribution in [0, 0.1) is 0 Å². The largest absolute Gasteiger partial charge is 0.378 e. The number of nitrogens with one attached hydrogen (secondary N) is 2. The molecule has 2 N–H and O–H groups in total. The average Bonchev–Trinajstić information content (AvgIpc) is 3.15. The number of hydrogen-bond acceptors (Lipinski definition) is 7. The summed E-state index contributed by atoms with van der Waals surface area (Å²) in [7, 11) is 3.95. The molecule has 0 saturated carbocycles. The van der Waals surface area contributed by atoms with E-state index in [2.05, 4.69) is 39.5 Å². The smallest absolute Gasteiger partial charge is 0.251 e. The molecule has 1 amide bonds. The SMILES string of the molecule is CCCNc1nc(SCC)nc2c1cnn2CCNC(=O)c1ccc(N(C)C)cc1. The van der Waals surface area contributed by atoms with E-state index in [0.717, 1.165) is 46.4 Å². The number of amides is 1. The van der Waals surface area contributed by atoms with Crippen LogP contribution in [-0.4, -0.2) is 58.6 Å². The summed E-state index contributed by atoms with van der Waals surface area (Å²) in [5.74, 6) is 1.61. The fraction of sp³-hybridized carbons (Fsp3) is 0.429. The Morgan fingerprint density at radius 1 is 1.13 bits per heavy atom. The summed E-state index contributed by atoms with van der Waals surface area (Å²) >= 11 is 1.60. The van der Waals surface area contributed by atoms with Crippen LogP contribution in [0.25, 0.3) is 11.0 Å². The van der Waals surface area contributed by atoms with Crippen molar-refractivity contribution in [3.63, 3.8) is 0 Å². The number of hydrogen-bond donors (Lipinski definition) is 2. The predicted molar refractivity (Wildman–Crippen MR) is 124 cm³/mol. The van der Waals surface area contributed by atoms with E-state index in [0.29, 0.717) is 18.7 Å². The average molecular weight is 428 g/mol. The van der Waals surface area contributed by atoms with E-state index >= 15 is 0 Å². The highest BCUT2D eigenvalue weighted by Gasteiger charge is 2.13. The van der Waals surface area contributed by atoms with E-state index in [-0.39, 0.29) is 5.91 Å². The minimum absolute atomic E-state index is 0.0982. The summed E-state index contributed by atoms with van der Waals surface area (Å²) in [5, 5.41) is 12.4. The molecule has 0 aliphatic rings. The van der Waals surface area contributed by atoms with Gasteiger partial charge >= 0.3 is 0 Å². The van der Waals surface area contributed by atoms with Crippen molar-refractivity contribution in [1.82, 2.24) is 25.1 Å². The van der Waals surface area contributed by atoms with Crippen LogP contribution < -0.4 is 15.5 Å². The summed E-state index contributed by atoms with van der Waals surface area (Å²) in [6, 6.07) is 7.54. The highest BCUT2D eigenvalue weighted by molar-refractivity contribution is 7.99. The molecule has 0 bridgehead atoms. The van der Waals surface area contributed by atoms with Gasteiger partial charge in [-0.05, 0) is 36.4 Å². The van der Waals surface area contributed by atoms with Gasteiger partial charge in [0.15, 0.2) is 10.8 Å². The first-order valence-electron chi connectivity index (χ1n) is 10.2. The molecule has 2 aromatic heterocycles. The van der Waals surface area contributed by atoms with Gasteiger partial charge in [-0.15, -0.1) is 0 Å². The van der Waals surface area contributed by atoms with Gasteiger partial charge < -0.3 is 15.5 Å². The number of aromatic nitrogens is 4. The van der Waals surface area contributed by atoms with Crippen LogP contribution >= 0.6 is 11.8 Å². The molecule has 0 saturated heterocycles. The maximum atomic E-state index is 12.4. The second-order valence-electron chi connectivity index (χ2n) is 7.02. The molecule has 0 atom stereocenters. The van der Waals surface area contributed by atoms with Gasteiger partial charge in [0.25, 0.3) is 5.91 Å². The van der Waals surface area contributed by atoms with Gasteiger partial charge in [-0.25, -0.2) is 14.6 Å². The lowest BCUT2D eigenvalue weighted by molar-refractivity contribution is 0.0952. The van der Waals surface area contributed by atoms with Gasteiger partial charge in [-0.1, -0.05) is 25.6 Å². The zero-order valence-electron chi connectivity index (χ0n) is 18.0. The summed E-state index contributed by atoms with van der Waals surface area (Å²) < 4.78 is 1.82. The van der Waals surface area contributed by atoms with Crippen molar-refractivity contribution in [3.05, 3.63) is 36.0 Å². The number of fused-ring (bicyclic) bond motifs is 1. The van der Waals surface area contributed by atoms with Crippen LogP contribution in [0.4, 0.5) is 11.5 Å². The third kappa shape index (κ3) is 5.21. The lowest BCUT2D eigenvalue weighted by atomic mass is 10.2. The van der Waals surface area contributed by atoms with Crippen molar-refractivity contribution < 1.29 is 4.79 Å². The first kappa shape index (κ1) is 21.9. The first-order chi connectivity index (χ1) is 14.5. The second-order valence-corrected chi connectivity index (χ2v) is 8.25. The minimum Gasteiger partial charge on any atom is -0.378 e. The molecule has 1 aromatic carbocycles. The molecule has 0 unspecified atom stereocenters. The first-order valence-corrected chi connectivity index (χ1v) is 11.2. The maximum Gasteiger partial charge on any atom is 0.251 e. The van der Waals surface area contributed by atoms with Crippen molar-refractivity contribution in [1.29, 1.82) is 0 Å². The zero-order chi connectivity index (χ0) is 21.5. The summed E-state index contributed by atoms with van der Waals surface area (Å²) in [5.41, 5.74) is 2.48. The lowest BCUT2D eigenvalue weighted by Gasteiger charge is -2.12. The summed E-state index contributed by atoms with van der Waals surface area (Å²) in [6.07, 6.45) is 2.80. The van der Waals surface area contributed by atoms with Crippen LogP contribution in [0.1, 0.15) is 30.6 Å². The molecule has 160 valence electrons. The lowest BCUT2D eigenvalue weighted by Crippen LogP contribution is -2.27. The van der Waals surface area contributed by atoms with E-state index < -0.39 is 0 Å². The minimum atomic E-state index is -0.0982. The van der Waals surface area contributed by atoms with Crippen molar-refractivity contribution in [2.75, 3.05) is 43.2 Å². The van der Waals surface area contributed by atoms with Gasteiger partial charge in [-0.2, -0.15) is 5.10 Å². The Bertz CT molecular complexity index is 985. The third-order valence-corrected chi connectivity index (χ3v) is 5.28. The van der Waals surface area contributed by atoms with Crippen molar-refractivity contribution >= 4 is 40.2 Å². The van der Waals surface area contributed by atoms with Crippen molar-refractivity contribution in [2.24, 2.45) is 0 Å². The molecule has 0 spiro atoms. The Morgan fingerprint density at radius 2 is 1.90 bits per heavy atom. The molecule has 3 aromatic rings. The molecule has 30 heavy (non-hydrogen) atoms. The number of carbonyl (C=O) groups is 1. The maximum absolute atomic E-state index is 12.4. The topological polar surface area (TPSA) is 88.0 Å². The highest BCUT2D eigenvalue weighted by Crippen LogP contribution is 2.24. The third-order valence-electron chi connectivity index (χ3n) is 4.55. The molecule has 0 fully saturated rings. The van der Waals surface area contributed by atoms with Crippen LogP contribution in [0.15, 0.2) is 35.6 Å². The number of nitrogens with zero attached hydrogens (tertiary/aromatic N) is 5. The zero-order valence-corrected chi connectivity index (χ0v) is 18.8. The van der Waals surface area contributed by atoms with Gasteiger partial charge in [0.2, 0.25) is 0 Å². The highest BCUT2D eigenvalue weighted by atomic mass is 32.2. The van der Waals surface area contributed by atoms with E-state index in [9.17, 15) is 4.79 Å². The number of benzene rings is 1. The van der Waals surface area contributed by atoms with Crippen LogP contribution in [0.5, 0.6) is 0 Å². The monoisotopic (exact) mass is 427 g/mol. The van der Waals surface area contributed by atoms with Crippen LogP contribution in [-0.2, 0) is 6.54 Å². The molecule has 3 rings (SSSR count). The normalized spacial score (nSPS) is 10.9. The van der Waals surface area contributed by atoms with E-state index in [4.69, 9.17) is 0 Å².